The molecule has 374 valence electrons. The van der Waals surface area contributed by atoms with Gasteiger partial charge >= 0.3 is 29.8 Å². The number of benzene rings is 3. The summed E-state index contributed by atoms with van der Waals surface area (Å²) in [6, 6.07) is 22.7. The van der Waals surface area contributed by atoms with Crippen LogP contribution in [0.4, 0.5) is 0 Å². The predicted octanol–water partition coefficient (Wildman–Crippen LogP) is 3.95. The fraction of sp³-hybridized carbons (Fsp3) is 0.481. The molecule has 4 aliphatic rings. The minimum absolute atomic E-state index is 0.00229. The van der Waals surface area contributed by atoms with E-state index in [1.165, 1.54) is 33.1 Å². The van der Waals surface area contributed by atoms with Gasteiger partial charge in [0, 0.05) is 44.8 Å². The molecule has 2 bridgehead atoms. The topological polar surface area (TPSA) is 246 Å². The number of ketones is 1. The summed E-state index contributed by atoms with van der Waals surface area (Å²) in [5, 5.41) is 28.9. The van der Waals surface area contributed by atoms with Gasteiger partial charge in [-0.3, -0.25) is 19.2 Å². The minimum Gasteiger partial charge on any atom is -0.455 e. The van der Waals surface area contributed by atoms with E-state index in [4.69, 9.17) is 37.9 Å². The number of rotatable bonds is 16. The maximum absolute atomic E-state index is 15.7. The molecule has 7 rings (SSSR count). The Labute approximate surface area is 404 Å². The van der Waals surface area contributed by atoms with E-state index in [0.29, 0.717) is 5.56 Å². The van der Waals surface area contributed by atoms with Gasteiger partial charge in [-0.05, 0) is 54.8 Å². The van der Waals surface area contributed by atoms with Crippen LogP contribution in [0.2, 0.25) is 0 Å². The zero-order valence-electron chi connectivity index (χ0n) is 40.0. The van der Waals surface area contributed by atoms with Crippen molar-refractivity contribution in [3.8, 4) is 0 Å². The molecule has 1 saturated heterocycles. The zero-order valence-corrected chi connectivity index (χ0v) is 40.0. The molecule has 1 unspecified atom stereocenters. The Morgan fingerprint density at radius 2 is 1.44 bits per heavy atom. The van der Waals surface area contributed by atoms with Crippen LogP contribution >= 0.6 is 0 Å². The number of aliphatic hydroxyl groups is 2. The smallest absolute Gasteiger partial charge is 0.350 e. The lowest BCUT2D eigenvalue weighted by Gasteiger charge is -2.67. The molecule has 0 spiro atoms. The molecule has 18 nitrogen and oxygen atoms in total. The molecule has 1 heterocycles. The summed E-state index contributed by atoms with van der Waals surface area (Å²) in [5.74, 6) is -8.07. The first-order chi connectivity index (χ1) is 33.2. The number of hydrogen-bond acceptors (Lipinski definition) is 17. The standard InChI is InChI=1S/C52H59NO17/c1-29-35(67-48(61)42(68-38(57)27-64-24-23-63-7)40(32-17-11-8-12-18-32)53-46(59)33-19-13-9-14-20-33)26-52(62)45(69-47(60)34-21-15-10-16-22-34)43-50(6,36(56)25-37-51(43,28-65-37)70-31(3)55)44(58)41(66-30(2)54)39(29)49(52,4)5/h8-22,35-37,40-43,45,56,62H,23-28H2,1-7H3,(H,53,59)/t35-,36-,37+,40-,41+,42+,43-,45?,50+,51-,52+/m0/s1. The summed E-state index contributed by atoms with van der Waals surface area (Å²) in [5.41, 5.74) is -7.45. The number of carbonyl (C=O) groups is 7. The van der Waals surface area contributed by atoms with Crippen molar-refractivity contribution in [2.75, 3.05) is 33.5 Å². The second kappa shape index (κ2) is 20.6. The van der Waals surface area contributed by atoms with Gasteiger partial charge in [0.15, 0.2) is 17.5 Å². The van der Waals surface area contributed by atoms with Crippen molar-refractivity contribution in [2.24, 2.45) is 16.7 Å². The Bertz CT molecular complexity index is 2500. The summed E-state index contributed by atoms with van der Waals surface area (Å²) in [6.07, 6.45) is -10.8. The van der Waals surface area contributed by atoms with E-state index >= 15 is 9.59 Å². The van der Waals surface area contributed by atoms with Crippen LogP contribution in [-0.2, 0) is 61.9 Å². The van der Waals surface area contributed by atoms with Crippen molar-refractivity contribution in [2.45, 2.75) is 108 Å². The second-order valence-corrected chi connectivity index (χ2v) is 18.9. The molecule has 1 amide bonds. The first-order valence-electron chi connectivity index (χ1n) is 23.0. The lowest BCUT2D eigenvalue weighted by atomic mass is 9.44. The normalized spacial score (nSPS) is 29.5. The van der Waals surface area contributed by atoms with E-state index in [2.05, 4.69) is 5.32 Å². The molecule has 3 aliphatic carbocycles. The molecular formula is C52H59NO17. The van der Waals surface area contributed by atoms with Gasteiger partial charge in [-0.1, -0.05) is 80.6 Å². The lowest BCUT2D eigenvalue weighted by molar-refractivity contribution is -0.346. The van der Waals surface area contributed by atoms with Crippen LogP contribution < -0.4 is 5.32 Å². The van der Waals surface area contributed by atoms with Crippen LogP contribution in [0.3, 0.4) is 0 Å². The van der Waals surface area contributed by atoms with Gasteiger partial charge in [-0.25, -0.2) is 14.4 Å². The molecule has 3 aromatic rings. The largest absolute Gasteiger partial charge is 0.455 e. The molecule has 2 saturated carbocycles. The fourth-order valence-corrected chi connectivity index (χ4v) is 10.8. The van der Waals surface area contributed by atoms with Crippen molar-refractivity contribution in [3.63, 3.8) is 0 Å². The highest BCUT2D eigenvalue weighted by Crippen LogP contribution is 2.64. The highest BCUT2D eigenvalue weighted by molar-refractivity contribution is 5.96. The predicted molar refractivity (Wildman–Crippen MR) is 244 cm³/mol. The Morgan fingerprint density at radius 1 is 0.829 bits per heavy atom. The van der Waals surface area contributed by atoms with E-state index in [-0.39, 0.29) is 48.5 Å². The monoisotopic (exact) mass is 969 g/mol. The molecule has 0 aromatic heterocycles. The number of fused-ring (bicyclic) bond motifs is 5. The van der Waals surface area contributed by atoms with Gasteiger partial charge in [0.2, 0.25) is 6.10 Å². The van der Waals surface area contributed by atoms with Crippen LogP contribution in [0.5, 0.6) is 0 Å². The molecule has 3 aromatic carbocycles. The molecule has 18 heteroatoms. The van der Waals surface area contributed by atoms with E-state index < -0.39 is 125 Å². The van der Waals surface area contributed by atoms with Crippen molar-refractivity contribution in [3.05, 3.63) is 119 Å². The number of Topliss-reactive ketones (excluding diaryl/α,β-unsaturated/α-hetero) is 1. The first-order valence-corrected chi connectivity index (χ1v) is 23.0. The molecule has 3 N–H and O–H groups in total. The third-order valence-corrected chi connectivity index (χ3v) is 14.4. The third kappa shape index (κ3) is 9.50. The van der Waals surface area contributed by atoms with E-state index in [1.54, 1.807) is 92.7 Å². The Hall–Kier alpha value is -6.31. The van der Waals surface area contributed by atoms with Crippen LogP contribution in [0.15, 0.2) is 102 Å². The molecule has 70 heavy (non-hydrogen) atoms. The van der Waals surface area contributed by atoms with Crippen molar-refractivity contribution < 1.29 is 81.7 Å². The Kier molecular flexibility index (Phi) is 15.1. The number of methoxy groups -OCH3 is 1. The average Bonchev–Trinajstić information content (AvgIpc) is 3.32. The summed E-state index contributed by atoms with van der Waals surface area (Å²) in [4.78, 5) is 99.0. The Morgan fingerprint density at radius 3 is 2.01 bits per heavy atom. The van der Waals surface area contributed by atoms with Crippen molar-refractivity contribution >= 4 is 41.5 Å². The molecule has 11 atom stereocenters. The number of nitrogens with one attached hydrogen (secondary N) is 1. The fourth-order valence-electron chi connectivity index (χ4n) is 10.8. The Balaban J connectivity index is 1.41. The van der Waals surface area contributed by atoms with Crippen LogP contribution in [0.25, 0.3) is 0 Å². The number of carbonyl (C=O) groups excluding carboxylic acids is 7. The van der Waals surface area contributed by atoms with Crippen LogP contribution in [-0.4, -0.2) is 133 Å². The van der Waals surface area contributed by atoms with Gasteiger partial charge < -0.3 is 53.4 Å². The van der Waals surface area contributed by atoms with Crippen LogP contribution in [0.1, 0.15) is 86.7 Å². The number of ether oxygens (including phenoxy) is 8. The van der Waals surface area contributed by atoms with Gasteiger partial charge in [0.25, 0.3) is 5.91 Å². The maximum Gasteiger partial charge on any atom is 0.350 e. The van der Waals surface area contributed by atoms with Crippen molar-refractivity contribution in [1.82, 2.24) is 5.32 Å². The number of hydrogen-bond donors (Lipinski definition) is 3. The lowest BCUT2D eigenvalue weighted by Crippen LogP contribution is -2.82. The summed E-state index contributed by atoms with van der Waals surface area (Å²) >= 11 is 0. The van der Waals surface area contributed by atoms with Gasteiger partial charge in [-0.15, -0.1) is 0 Å². The number of aliphatic hydroxyl groups excluding tert-OH is 1. The highest BCUT2D eigenvalue weighted by Gasteiger charge is 2.78. The molecule has 0 radical (unpaired) electrons. The van der Waals surface area contributed by atoms with Crippen LogP contribution in [0, 0.1) is 16.7 Å². The summed E-state index contributed by atoms with van der Waals surface area (Å²) < 4.78 is 47.0. The van der Waals surface area contributed by atoms with E-state index in [9.17, 15) is 34.2 Å². The summed E-state index contributed by atoms with van der Waals surface area (Å²) in [6.45, 7) is 7.36. The molecule has 3 fully saturated rings. The quantitative estimate of drug-likeness (QED) is 0.0796. The van der Waals surface area contributed by atoms with Crippen molar-refractivity contribution in [1.29, 1.82) is 0 Å². The second-order valence-electron chi connectivity index (χ2n) is 18.9. The summed E-state index contributed by atoms with van der Waals surface area (Å²) in [7, 11) is 1.44. The van der Waals surface area contributed by atoms with E-state index in [0.717, 1.165) is 13.8 Å². The average molecular weight is 970 g/mol. The van der Waals surface area contributed by atoms with Gasteiger partial charge in [0.05, 0.1) is 42.8 Å². The molecule has 1 aliphatic heterocycles. The van der Waals surface area contributed by atoms with Gasteiger partial charge in [0.1, 0.15) is 36.6 Å². The van der Waals surface area contributed by atoms with E-state index in [1.807, 2.05) is 0 Å². The zero-order chi connectivity index (χ0) is 50.8. The number of esters is 5. The number of amides is 1. The first kappa shape index (κ1) is 51.5. The third-order valence-electron chi connectivity index (χ3n) is 14.4. The SMILES string of the molecule is COCCOCC(=O)O[C@@H](C(=O)O[C@H]1C[C@@]2(O)C(OC(=O)c3ccccc3)[C@@H]3[C@]4(OC(C)=O)CO[C@@H]4C[C@H](O)[C@@]3(C)C(=O)[C@H](OC(C)=O)C(=C1C)C2(C)C)[C@@H](NC(=O)c1ccccc1)c1ccccc1. The maximum atomic E-state index is 15.7. The van der Waals surface area contributed by atoms with Gasteiger partial charge in [-0.2, -0.15) is 0 Å². The molecular weight excluding hydrogens is 911 g/mol. The minimum atomic E-state index is -2.46. The highest BCUT2D eigenvalue weighted by atomic mass is 16.6.